The maximum absolute atomic E-state index is 11.7. The number of carbonyl (C=O) groups excluding carboxylic acids is 1. The lowest BCUT2D eigenvalue weighted by Gasteiger charge is -2.13. The molecule has 0 bridgehead atoms. The fraction of sp³-hybridized carbons (Fsp3) is 0.267. The predicted molar refractivity (Wildman–Crippen MR) is 68.5 cm³/mol. The molecule has 18 heavy (non-hydrogen) atoms. The molecule has 0 N–H and O–H groups in total. The Labute approximate surface area is 106 Å². The minimum atomic E-state index is 0.183. The van der Waals surface area contributed by atoms with Crippen LogP contribution in [0, 0.1) is 0 Å². The van der Waals surface area contributed by atoms with Crippen LogP contribution in [0.2, 0.25) is 0 Å². The summed E-state index contributed by atoms with van der Waals surface area (Å²) in [6.07, 6.45) is 4.86. The summed E-state index contributed by atoms with van der Waals surface area (Å²) in [6, 6.07) is 10.1. The van der Waals surface area contributed by atoms with E-state index in [2.05, 4.69) is 22.1 Å². The summed E-state index contributed by atoms with van der Waals surface area (Å²) >= 11 is 0. The van der Waals surface area contributed by atoms with Gasteiger partial charge in [-0.1, -0.05) is 30.3 Å². The van der Waals surface area contributed by atoms with Gasteiger partial charge in [-0.15, -0.1) is 0 Å². The lowest BCUT2D eigenvalue weighted by atomic mass is 9.96. The molecule has 3 nitrogen and oxygen atoms in total. The number of rotatable bonds is 2. The van der Waals surface area contributed by atoms with Crippen LogP contribution in [0.1, 0.15) is 40.3 Å². The quantitative estimate of drug-likeness (QED) is 0.807. The van der Waals surface area contributed by atoms with Gasteiger partial charge in [0.15, 0.2) is 5.78 Å². The Morgan fingerprint density at radius 3 is 2.78 bits per heavy atom. The molecule has 0 fully saturated rings. The van der Waals surface area contributed by atoms with Crippen LogP contribution in [0.5, 0.6) is 0 Å². The average molecular weight is 238 g/mol. The van der Waals surface area contributed by atoms with E-state index in [-0.39, 0.29) is 5.78 Å². The van der Waals surface area contributed by atoms with E-state index in [0.29, 0.717) is 6.42 Å². The van der Waals surface area contributed by atoms with Crippen molar-refractivity contribution in [2.75, 3.05) is 0 Å². The van der Waals surface area contributed by atoms with Crippen molar-refractivity contribution >= 4 is 5.78 Å². The Bertz CT molecular complexity index is 578. The zero-order valence-electron chi connectivity index (χ0n) is 10.1. The second-order valence-electron chi connectivity index (χ2n) is 4.59. The average Bonchev–Trinajstić information content (AvgIpc) is 2.40. The molecule has 0 amide bonds. The summed E-state index contributed by atoms with van der Waals surface area (Å²) in [5.74, 6) is 0.983. The summed E-state index contributed by atoms with van der Waals surface area (Å²) in [4.78, 5) is 20.5. The van der Waals surface area contributed by atoms with Crippen LogP contribution in [0.25, 0.3) is 0 Å². The molecule has 3 rings (SSSR count). The topological polar surface area (TPSA) is 42.9 Å². The van der Waals surface area contributed by atoms with Gasteiger partial charge >= 0.3 is 0 Å². The summed E-state index contributed by atoms with van der Waals surface area (Å²) in [7, 11) is 0. The molecule has 3 heteroatoms. The monoisotopic (exact) mass is 238 g/mol. The first kappa shape index (κ1) is 11.1. The SMILES string of the molecule is O=C1CCCc2nc(Cc3ccccc3)ncc21. The Morgan fingerprint density at radius 2 is 1.94 bits per heavy atom. The Hall–Kier alpha value is -2.03. The lowest BCUT2D eigenvalue weighted by molar-refractivity contribution is 0.0971. The summed E-state index contributed by atoms with van der Waals surface area (Å²) in [5, 5.41) is 0. The number of benzene rings is 1. The fourth-order valence-corrected chi connectivity index (χ4v) is 2.30. The van der Waals surface area contributed by atoms with Crippen molar-refractivity contribution in [1.29, 1.82) is 0 Å². The second-order valence-corrected chi connectivity index (χ2v) is 4.59. The number of hydrogen-bond acceptors (Lipinski definition) is 3. The standard InChI is InChI=1S/C15H14N2O/c18-14-8-4-7-13-12(14)10-16-15(17-13)9-11-5-2-1-3-6-11/h1-3,5-6,10H,4,7-9H2. The van der Waals surface area contributed by atoms with E-state index in [0.717, 1.165) is 36.3 Å². The molecule has 0 unspecified atom stereocenters. The van der Waals surface area contributed by atoms with Crippen LogP contribution in [0.15, 0.2) is 36.5 Å². The van der Waals surface area contributed by atoms with Crippen LogP contribution in [-0.2, 0) is 12.8 Å². The number of aromatic nitrogens is 2. The minimum Gasteiger partial charge on any atom is -0.294 e. The molecular weight excluding hydrogens is 224 g/mol. The van der Waals surface area contributed by atoms with E-state index in [9.17, 15) is 4.79 Å². The van der Waals surface area contributed by atoms with Crippen molar-refractivity contribution < 1.29 is 4.79 Å². The first-order chi connectivity index (χ1) is 8.83. The van der Waals surface area contributed by atoms with Crippen molar-refractivity contribution in [3.05, 3.63) is 59.2 Å². The van der Waals surface area contributed by atoms with Gasteiger partial charge < -0.3 is 0 Å². The first-order valence-corrected chi connectivity index (χ1v) is 6.25. The molecule has 1 aromatic carbocycles. The highest BCUT2D eigenvalue weighted by Gasteiger charge is 2.19. The summed E-state index contributed by atoms with van der Waals surface area (Å²) in [6.45, 7) is 0. The molecule has 1 aliphatic rings. The van der Waals surface area contributed by atoms with Crippen LogP contribution in [0.3, 0.4) is 0 Å². The van der Waals surface area contributed by atoms with Crippen LogP contribution < -0.4 is 0 Å². The molecule has 0 atom stereocenters. The van der Waals surface area contributed by atoms with Gasteiger partial charge in [-0.25, -0.2) is 9.97 Å². The zero-order valence-corrected chi connectivity index (χ0v) is 10.1. The third kappa shape index (κ3) is 2.16. The summed E-state index contributed by atoms with van der Waals surface area (Å²) < 4.78 is 0. The van der Waals surface area contributed by atoms with E-state index < -0.39 is 0 Å². The number of aryl methyl sites for hydroxylation is 1. The number of carbonyl (C=O) groups is 1. The number of ketones is 1. The number of nitrogens with zero attached hydrogens (tertiary/aromatic N) is 2. The molecule has 1 aliphatic carbocycles. The van der Waals surface area contributed by atoms with Crippen LogP contribution >= 0.6 is 0 Å². The molecule has 0 aliphatic heterocycles. The molecule has 1 heterocycles. The minimum absolute atomic E-state index is 0.183. The van der Waals surface area contributed by atoms with Gasteiger partial charge in [-0.2, -0.15) is 0 Å². The Kier molecular flexibility index (Phi) is 2.89. The zero-order chi connectivity index (χ0) is 12.4. The maximum Gasteiger partial charge on any atom is 0.166 e. The maximum atomic E-state index is 11.7. The molecule has 0 radical (unpaired) electrons. The van der Waals surface area contributed by atoms with E-state index in [1.807, 2.05) is 18.2 Å². The van der Waals surface area contributed by atoms with Crippen molar-refractivity contribution in [3.63, 3.8) is 0 Å². The second kappa shape index (κ2) is 4.69. The smallest absolute Gasteiger partial charge is 0.166 e. The molecule has 0 saturated heterocycles. The van der Waals surface area contributed by atoms with Gasteiger partial charge in [0.2, 0.25) is 0 Å². The fourth-order valence-electron chi connectivity index (χ4n) is 2.30. The summed E-state index contributed by atoms with van der Waals surface area (Å²) in [5.41, 5.74) is 2.84. The van der Waals surface area contributed by atoms with E-state index >= 15 is 0 Å². The number of Topliss-reactive ketones (excluding diaryl/α,β-unsaturated/α-hetero) is 1. The van der Waals surface area contributed by atoms with Gasteiger partial charge in [-0.05, 0) is 18.4 Å². The number of fused-ring (bicyclic) bond motifs is 1. The Balaban J connectivity index is 1.89. The molecular formula is C15H14N2O. The van der Waals surface area contributed by atoms with Gasteiger partial charge in [-0.3, -0.25) is 4.79 Å². The predicted octanol–water partition coefficient (Wildman–Crippen LogP) is 2.59. The normalized spacial score (nSPS) is 14.3. The van der Waals surface area contributed by atoms with Crippen molar-refractivity contribution in [3.8, 4) is 0 Å². The molecule has 2 aromatic rings. The first-order valence-electron chi connectivity index (χ1n) is 6.25. The van der Waals surface area contributed by atoms with E-state index in [1.165, 1.54) is 5.56 Å². The molecule has 90 valence electrons. The van der Waals surface area contributed by atoms with Crippen molar-refractivity contribution in [1.82, 2.24) is 9.97 Å². The Morgan fingerprint density at radius 1 is 1.11 bits per heavy atom. The molecule has 0 spiro atoms. The third-order valence-electron chi connectivity index (χ3n) is 3.24. The van der Waals surface area contributed by atoms with Gasteiger partial charge in [0.1, 0.15) is 5.82 Å². The van der Waals surface area contributed by atoms with E-state index in [1.54, 1.807) is 6.20 Å². The van der Waals surface area contributed by atoms with Gasteiger partial charge in [0, 0.05) is 19.0 Å². The molecule has 1 aromatic heterocycles. The van der Waals surface area contributed by atoms with Crippen molar-refractivity contribution in [2.45, 2.75) is 25.7 Å². The van der Waals surface area contributed by atoms with Crippen LogP contribution in [-0.4, -0.2) is 15.8 Å². The van der Waals surface area contributed by atoms with E-state index in [4.69, 9.17) is 0 Å². The highest BCUT2D eigenvalue weighted by atomic mass is 16.1. The van der Waals surface area contributed by atoms with Crippen LogP contribution in [0.4, 0.5) is 0 Å². The third-order valence-corrected chi connectivity index (χ3v) is 3.24. The van der Waals surface area contributed by atoms with Crippen molar-refractivity contribution in [2.24, 2.45) is 0 Å². The van der Waals surface area contributed by atoms with Gasteiger partial charge in [0.05, 0.1) is 11.3 Å². The number of hydrogen-bond donors (Lipinski definition) is 0. The van der Waals surface area contributed by atoms with Gasteiger partial charge in [0.25, 0.3) is 0 Å². The lowest BCUT2D eigenvalue weighted by Crippen LogP contribution is -2.14. The highest BCUT2D eigenvalue weighted by molar-refractivity contribution is 5.97. The highest BCUT2D eigenvalue weighted by Crippen LogP contribution is 2.19. The molecule has 0 saturated carbocycles. The largest absolute Gasteiger partial charge is 0.294 e.